The molecular formula is C30H26F5N6O2U-. The molecule has 8 nitrogen and oxygen atoms in total. The fourth-order valence-electron chi connectivity index (χ4n) is 5.88. The van der Waals surface area contributed by atoms with Crippen LogP contribution < -0.4 is 10.6 Å². The zero-order valence-corrected chi connectivity index (χ0v) is 27.4. The summed E-state index contributed by atoms with van der Waals surface area (Å²) < 4.78 is 76.4. The summed E-state index contributed by atoms with van der Waals surface area (Å²) in [5, 5.41) is 10.3. The molecule has 2 aromatic carbocycles. The number of morpholine rings is 1. The van der Waals surface area contributed by atoms with Crippen LogP contribution >= 0.6 is 0 Å². The molecule has 0 saturated carbocycles. The van der Waals surface area contributed by atoms with Crippen molar-refractivity contribution in [1.29, 1.82) is 0 Å². The maximum Gasteiger partial charge on any atom is 0.316 e. The predicted octanol–water partition coefficient (Wildman–Crippen LogP) is 5.02. The molecule has 2 atom stereocenters. The Morgan fingerprint density at radius 1 is 1.11 bits per heavy atom. The molecule has 3 N–H and O–H groups in total. The molecule has 7 rings (SSSR count). The number of nitrogens with two attached hydrogens (primary N) is 1. The third-order valence-electron chi connectivity index (χ3n) is 7.76. The molecule has 3 saturated heterocycles. The molecule has 0 unspecified atom stereocenters. The number of aromatic hydroxyl groups is 1. The molecular weight excluding hydrogens is 809 g/mol. The fourth-order valence-corrected chi connectivity index (χ4v) is 5.88. The van der Waals surface area contributed by atoms with Gasteiger partial charge >= 0.3 is 6.01 Å². The molecule has 5 heterocycles. The van der Waals surface area contributed by atoms with Gasteiger partial charge in [-0.15, -0.1) is 12.8 Å². The molecule has 4 aromatic rings. The van der Waals surface area contributed by atoms with E-state index in [4.69, 9.17) is 16.9 Å². The van der Waals surface area contributed by atoms with Gasteiger partial charge in [0.2, 0.25) is 0 Å². The molecule has 3 aliphatic heterocycles. The van der Waals surface area contributed by atoms with Gasteiger partial charge in [-0.1, -0.05) is 12.3 Å². The minimum absolute atomic E-state index is 0. The summed E-state index contributed by atoms with van der Waals surface area (Å²) in [4.78, 5) is 15.2. The van der Waals surface area contributed by atoms with Crippen LogP contribution in [0.25, 0.3) is 32.9 Å². The van der Waals surface area contributed by atoms with Gasteiger partial charge in [-0.2, -0.15) is 16.4 Å². The van der Waals surface area contributed by atoms with E-state index in [1.165, 1.54) is 35.7 Å². The van der Waals surface area contributed by atoms with Crippen molar-refractivity contribution >= 4 is 33.2 Å². The molecule has 0 spiro atoms. The average Bonchev–Trinajstić information content (AvgIpc) is 3.55. The number of hydrogen-bond acceptors (Lipinski definition) is 8. The number of hydrogen-bond donors (Lipinski definition) is 2. The van der Waals surface area contributed by atoms with Crippen molar-refractivity contribution in [2.75, 3.05) is 43.5 Å². The number of pyridine rings is 1. The van der Waals surface area contributed by atoms with Crippen LogP contribution in [-0.2, 0) is 4.74 Å². The van der Waals surface area contributed by atoms with Crippen molar-refractivity contribution in [3.05, 3.63) is 53.5 Å². The maximum atomic E-state index is 15.8. The smallest absolute Gasteiger partial charge is 0.316 e. The molecule has 44 heavy (non-hydrogen) atoms. The van der Waals surface area contributed by atoms with Crippen molar-refractivity contribution in [1.82, 2.24) is 19.9 Å². The first-order valence-electron chi connectivity index (χ1n) is 13.6. The van der Waals surface area contributed by atoms with Gasteiger partial charge in [0.1, 0.15) is 17.0 Å². The van der Waals surface area contributed by atoms with Gasteiger partial charge in [-0.25, -0.2) is 28.0 Å². The van der Waals surface area contributed by atoms with Crippen molar-refractivity contribution < 1.29 is 62.9 Å². The Kier molecular flexibility index (Phi) is 9.52. The third kappa shape index (κ3) is 5.91. The van der Waals surface area contributed by atoms with Gasteiger partial charge in [-0.05, 0) is 36.7 Å². The van der Waals surface area contributed by atoms with Crippen LogP contribution in [0, 0.1) is 67.0 Å². The van der Waals surface area contributed by atoms with Crippen molar-refractivity contribution in [3.8, 4) is 29.6 Å². The Hall–Kier alpha value is -3.23. The minimum atomic E-state index is -1.58. The third-order valence-corrected chi connectivity index (χ3v) is 7.76. The quantitative estimate of drug-likeness (QED) is 0.0957. The summed E-state index contributed by atoms with van der Waals surface area (Å²) >= 11 is 0. The minimum Gasteiger partial charge on any atom is -0.479 e. The Bertz CT molecular complexity index is 1760. The second-order valence-corrected chi connectivity index (χ2v) is 10.5. The summed E-state index contributed by atoms with van der Waals surface area (Å²) in [6, 6.07) is 4.16. The average molecular weight is 836 g/mol. The van der Waals surface area contributed by atoms with E-state index in [-0.39, 0.29) is 95.3 Å². The van der Waals surface area contributed by atoms with E-state index in [2.05, 4.69) is 25.8 Å². The monoisotopic (exact) mass is 835 g/mol. The molecule has 14 heteroatoms. The molecule has 3 aliphatic rings. The molecule has 3 fully saturated rings. The number of halogens is 5. The zero-order chi connectivity index (χ0) is 30.4. The molecule has 0 bridgehead atoms. The number of rotatable bonds is 2. The Morgan fingerprint density at radius 3 is 2.64 bits per heavy atom. The van der Waals surface area contributed by atoms with Crippen molar-refractivity contribution in [3.63, 3.8) is 0 Å². The number of terminal acetylenes is 1. The van der Waals surface area contributed by atoms with E-state index in [0.29, 0.717) is 6.54 Å². The first kappa shape index (κ1) is 32.2. The van der Waals surface area contributed by atoms with Crippen LogP contribution in [-0.4, -0.2) is 70.3 Å². The number of alkyl halides is 2. The first-order chi connectivity index (χ1) is 20.7. The molecule has 228 valence electrons. The maximum absolute atomic E-state index is 15.8. The summed E-state index contributed by atoms with van der Waals surface area (Å²) in [5.41, 5.74) is 4.94. The number of ether oxygens (including phenoxy) is 1. The van der Waals surface area contributed by atoms with Gasteiger partial charge in [0.15, 0.2) is 23.7 Å². The molecule has 0 aliphatic carbocycles. The zero-order valence-electron chi connectivity index (χ0n) is 23.3. The van der Waals surface area contributed by atoms with Crippen LogP contribution in [0.4, 0.5) is 33.5 Å². The Balaban J connectivity index is 0.000000327. The number of anilines is 2. The van der Waals surface area contributed by atoms with E-state index >= 15 is 4.39 Å². The summed E-state index contributed by atoms with van der Waals surface area (Å²) in [7, 11) is 0. The van der Waals surface area contributed by atoms with Gasteiger partial charge in [0, 0.05) is 60.5 Å². The SMILES string of the molecule is C#Cc1c(F)c(F)cc2cc(N)cc(-c3ncc4c(N5CCOC[C@H]5F)nc(O)nc4c3F)c12.F[C@@H]1C[C-]2CCCN2C1.[U]. The Morgan fingerprint density at radius 2 is 1.91 bits per heavy atom. The van der Waals surface area contributed by atoms with E-state index in [1.54, 1.807) is 0 Å². The van der Waals surface area contributed by atoms with E-state index in [0.717, 1.165) is 25.5 Å². The van der Waals surface area contributed by atoms with E-state index < -0.39 is 41.5 Å². The number of aromatic nitrogens is 3. The van der Waals surface area contributed by atoms with Crippen molar-refractivity contribution in [2.24, 2.45) is 0 Å². The number of fused-ring (bicyclic) bond motifs is 3. The predicted molar refractivity (Wildman–Crippen MR) is 151 cm³/mol. The van der Waals surface area contributed by atoms with Gasteiger partial charge < -0.3 is 25.4 Å². The fraction of sp³-hybridized carbons (Fsp3) is 0.333. The number of benzene rings is 2. The van der Waals surface area contributed by atoms with E-state index in [9.17, 15) is 22.7 Å². The summed E-state index contributed by atoms with van der Waals surface area (Å²) in [6.45, 7) is 1.86. The van der Waals surface area contributed by atoms with Gasteiger partial charge in [0.05, 0.1) is 30.3 Å². The van der Waals surface area contributed by atoms with Gasteiger partial charge in [0.25, 0.3) is 0 Å². The largest absolute Gasteiger partial charge is 0.479 e. The first-order valence-corrected chi connectivity index (χ1v) is 13.6. The summed E-state index contributed by atoms with van der Waals surface area (Å²) in [5.74, 6) is -1.43. The second kappa shape index (κ2) is 13.0. The number of nitrogens with zero attached hydrogens (tertiary/aromatic N) is 5. The molecule has 0 amide bonds. The molecule has 2 aromatic heterocycles. The Labute approximate surface area is 273 Å². The van der Waals surface area contributed by atoms with Crippen molar-refractivity contribution in [2.45, 2.75) is 31.7 Å². The second-order valence-electron chi connectivity index (χ2n) is 10.5. The van der Waals surface area contributed by atoms with E-state index in [1.807, 2.05) is 0 Å². The van der Waals surface area contributed by atoms with Gasteiger partial charge in [-0.3, -0.25) is 4.98 Å². The van der Waals surface area contributed by atoms with Crippen LogP contribution in [0.5, 0.6) is 6.01 Å². The molecule has 0 radical (unpaired) electrons. The van der Waals surface area contributed by atoms with Crippen LogP contribution in [0.3, 0.4) is 0 Å². The van der Waals surface area contributed by atoms with Crippen LogP contribution in [0.15, 0.2) is 24.4 Å². The van der Waals surface area contributed by atoms with Crippen LogP contribution in [0.2, 0.25) is 0 Å². The van der Waals surface area contributed by atoms with Crippen LogP contribution in [0.1, 0.15) is 24.8 Å². The topological polar surface area (TPSA) is 101 Å². The summed E-state index contributed by atoms with van der Waals surface area (Å²) in [6.07, 6.45) is 7.62. The number of nitrogen functional groups attached to an aromatic ring is 1. The normalized spacial score (nSPS) is 20.2. The standard InChI is InChI=1S/C23H15F4N5O2.C7H11FN.U/c1-2-12-17-10(6-15(24)18(12)26)5-11(28)7-13(17)20-19(27)21-14(8-29-20)22(31-23(33)30-21)32-3-4-34-9-16(32)25;8-6-4-7-2-1-3-9(7)5-6;/h1,5-8,16H,3-4,9,28H2,(H,30,31,33);6H,1-5H2;/q;-1;/t16-;6-;/m01./s1.